The minimum atomic E-state index is -5.95. The van der Waals surface area contributed by atoms with E-state index in [1.54, 1.807) is 20.8 Å². The number of ether oxygens (including phenoxy) is 1. The number of aromatic nitrogens is 1. The van der Waals surface area contributed by atoms with Gasteiger partial charge >= 0.3 is 21.7 Å². The second kappa shape index (κ2) is 6.65. The van der Waals surface area contributed by atoms with E-state index in [4.69, 9.17) is 4.74 Å². The Hall–Kier alpha value is -2.76. The van der Waals surface area contributed by atoms with Gasteiger partial charge in [-0.05, 0) is 44.4 Å². The Labute approximate surface area is 163 Å². The number of hydrogen-bond acceptors (Lipinski definition) is 6. The molecule has 0 bridgehead atoms. The molecular formula is C17H17F3N2O6S. The maximum Gasteiger partial charge on any atom is 0.534 e. The molecule has 8 nitrogen and oxygen atoms in total. The molecule has 1 amide bonds. The fourth-order valence-electron chi connectivity index (χ4n) is 3.00. The van der Waals surface area contributed by atoms with Crippen molar-refractivity contribution in [3.8, 4) is 5.75 Å². The topological polar surface area (TPSA) is 104 Å². The largest absolute Gasteiger partial charge is 0.534 e. The maximum absolute atomic E-state index is 12.8. The highest BCUT2D eigenvalue weighted by atomic mass is 32.2. The summed E-state index contributed by atoms with van der Waals surface area (Å²) < 4.78 is 72.0. The van der Waals surface area contributed by atoms with Crippen LogP contribution in [-0.2, 0) is 21.4 Å². The number of nitrogens with zero attached hydrogens (tertiary/aromatic N) is 1. The molecule has 0 fully saturated rings. The lowest BCUT2D eigenvalue weighted by molar-refractivity contribution is -0.0500. The van der Waals surface area contributed by atoms with Gasteiger partial charge in [0.1, 0.15) is 11.4 Å². The summed E-state index contributed by atoms with van der Waals surface area (Å²) in [6, 6.07) is 4.03. The molecule has 0 unspecified atom stereocenters. The van der Waals surface area contributed by atoms with E-state index >= 15 is 0 Å². The molecule has 0 radical (unpaired) electrons. The lowest BCUT2D eigenvalue weighted by Gasteiger charge is -2.22. The predicted molar refractivity (Wildman–Crippen MR) is 95.9 cm³/mol. The number of alkyl halides is 3. The van der Waals surface area contributed by atoms with Gasteiger partial charge in [-0.25, -0.2) is 4.79 Å². The predicted octanol–water partition coefficient (Wildman–Crippen LogP) is 2.81. The first-order chi connectivity index (χ1) is 13.2. The molecule has 0 saturated carbocycles. The van der Waals surface area contributed by atoms with Gasteiger partial charge in [-0.2, -0.15) is 21.6 Å². The zero-order valence-electron chi connectivity index (χ0n) is 15.5. The van der Waals surface area contributed by atoms with Crippen molar-refractivity contribution in [1.29, 1.82) is 0 Å². The van der Waals surface area contributed by atoms with E-state index < -0.39 is 44.7 Å². The standard InChI is InChI=1S/C17H17F3N2O6S/c1-16(2,3)27-15(24)21-10-8-22-12(23)7-5-9-4-6-11(13(10)14(9)22)28-29(25,26)17(18,19)20/h4-7,10H,8H2,1-3H3,(H,21,24)/t10-/m1/s1. The SMILES string of the molecule is CC(C)(C)OC(=O)N[C@@H]1Cn2c(=O)ccc3ccc(OS(=O)(=O)C(F)(F)F)c1c32. The number of benzene rings is 1. The highest BCUT2D eigenvalue weighted by Gasteiger charge is 2.49. The second-order valence-electron chi connectivity index (χ2n) is 7.38. The van der Waals surface area contributed by atoms with Crippen LogP contribution in [0.15, 0.2) is 29.1 Å². The Morgan fingerprint density at radius 1 is 1.17 bits per heavy atom. The minimum absolute atomic E-state index is 0.0566. The Kier molecular flexibility index (Phi) is 4.80. The van der Waals surface area contributed by atoms with Gasteiger partial charge in [-0.1, -0.05) is 0 Å². The van der Waals surface area contributed by atoms with Gasteiger partial charge < -0.3 is 18.8 Å². The van der Waals surface area contributed by atoms with Crippen molar-refractivity contribution in [3.63, 3.8) is 0 Å². The first-order valence-electron chi connectivity index (χ1n) is 8.36. The van der Waals surface area contributed by atoms with Crippen LogP contribution in [0.3, 0.4) is 0 Å². The van der Waals surface area contributed by atoms with E-state index in [2.05, 4.69) is 9.50 Å². The normalized spacial score (nSPS) is 16.7. The summed E-state index contributed by atoms with van der Waals surface area (Å²) in [6.07, 6.45) is -0.884. The van der Waals surface area contributed by atoms with Crippen molar-refractivity contribution in [2.75, 3.05) is 0 Å². The molecule has 1 atom stereocenters. The third-order valence-corrected chi connectivity index (χ3v) is 5.00. The Morgan fingerprint density at radius 2 is 1.79 bits per heavy atom. The van der Waals surface area contributed by atoms with E-state index in [-0.39, 0.29) is 17.6 Å². The summed E-state index contributed by atoms with van der Waals surface area (Å²) in [5, 5.41) is 2.92. The van der Waals surface area contributed by atoms with Crippen LogP contribution in [0.5, 0.6) is 5.75 Å². The average Bonchev–Trinajstić information content (AvgIpc) is 2.90. The zero-order chi connectivity index (χ0) is 21.8. The highest BCUT2D eigenvalue weighted by Crippen LogP contribution is 2.40. The van der Waals surface area contributed by atoms with Crippen LogP contribution in [-0.4, -0.2) is 30.2 Å². The molecular weight excluding hydrogens is 417 g/mol. The number of halogens is 3. The molecule has 1 aromatic heterocycles. The van der Waals surface area contributed by atoms with Crippen molar-refractivity contribution < 1.29 is 35.3 Å². The van der Waals surface area contributed by atoms with Gasteiger partial charge in [-0.15, -0.1) is 0 Å². The van der Waals surface area contributed by atoms with Crippen molar-refractivity contribution >= 4 is 27.1 Å². The van der Waals surface area contributed by atoms with Gasteiger partial charge in [-0.3, -0.25) is 4.79 Å². The first kappa shape index (κ1) is 21.0. The van der Waals surface area contributed by atoms with Crippen molar-refractivity contribution in [1.82, 2.24) is 9.88 Å². The first-order valence-corrected chi connectivity index (χ1v) is 9.77. The molecule has 29 heavy (non-hydrogen) atoms. The Balaban J connectivity index is 2.10. The molecule has 1 aliphatic rings. The molecule has 3 rings (SSSR count). The van der Waals surface area contributed by atoms with Crippen molar-refractivity contribution in [2.24, 2.45) is 0 Å². The summed E-state index contributed by atoms with van der Waals surface area (Å²) in [5.41, 5.74) is -6.84. The quantitative estimate of drug-likeness (QED) is 0.589. The Morgan fingerprint density at radius 3 is 2.38 bits per heavy atom. The van der Waals surface area contributed by atoms with Gasteiger partial charge in [0.05, 0.1) is 18.1 Å². The lowest BCUT2D eigenvalue weighted by atomic mass is 10.1. The van der Waals surface area contributed by atoms with Gasteiger partial charge in [0.2, 0.25) is 0 Å². The number of pyridine rings is 1. The molecule has 1 aromatic carbocycles. The van der Waals surface area contributed by atoms with Gasteiger partial charge in [0, 0.05) is 11.6 Å². The fraction of sp³-hybridized carbons (Fsp3) is 0.412. The Bertz CT molecular complexity index is 1150. The summed E-state index contributed by atoms with van der Waals surface area (Å²) in [5.74, 6) is -0.632. The number of hydrogen-bond donors (Lipinski definition) is 1. The maximum atomic E-state index is 12.8. The number of nitrogens with one attached hydrogen (secondary N) is 1. The van der Waals surface area contributed by atoms with Crippen molar-refractivity contribution in [2.45, 2.75) is 44.5 Å². The second-order valence-corrected chi connectivity index (χ2v) is 8.92. The number of carbonyl (C=O) groups excluding carboxylic acids is 1. The molecule has 2 aromatic rings. The monoisotopic (exact) mass is 434 g/mol. The highest BCUT2D eigenvalue weighted by molar-refractivity contribution is 7.88. The summed E-state index contributed by atoms with van der Waals surface area (Å²) in [7, 11) is -5.95. The third kappa shape index (κ3) is 4.02. The third-order valence-electron chi connectivity index (χ3n) is 4.04. The van der Waals surface area contributed by atoms with Crippen LogP contribution in [0.1, 0.15) is 32.4 Å². The van der Waals surface area contributed by atoms with Crippen LogP contribution < -0.4 is 15.1 Å². The molecule has 1 aliphatic heterocycles. The number of rotatable bonds is 3. The van der Waals surface area contributed by atoms with Crippen LogP contribution in [0, 0.1) is 0 Å². The lowest BCUT2D eigenvalue weighted by Crippen LogP contribution is -2.36. The number of alkyl carbamates (subject to hydrolysis) is 1. The zero-order valence-corrected chi connectivity index (χ0v) is 16.3. The molecule has 1 N–H and O–H groups in total. The molecule has 2 heterocycles. The van der Waals surface area contributed by atoms with E-state index in [1.165, 1.54) is 22.8 Å². The number of carbonyl (C=O) groups is 1. The van der Waals surface area contributed by atoms with E-state index in [1.807, 2.05) is 0 Å². The molecule has 12 heteroatoms. The van der Waals surface area contributed by atoms with Gasteiger partial charge in [0.25, 0.3) is 5.56 Å². The molecule has 158 valence electrons. The average molecular weight is 434 g/mol. The van der Waals surface area contributed by atoms with Crippen LogP contribution >= 0.6 is 0 Å². The fourth-order valence-corrected chi connectivity index (χ4v) is 3.48. The van der Waals surface area contributed by atoms with E-state index in [0.717, 1.165) is 6.07 Å². The summed E-state index contributed by atoms with van der Waals surface area (Å²) in [4.78, 5) is 24.4. The molecule has 0 aliphatic carbocycles. The molecule has 0 spiro atoms. The van der Waals surface area contributed by atoms with Gasteiger partial charge in [0.15, 0.2) is 0 Å². The van der Waals surface area contributed by atoms with Crippen molar-refractivity contribution in [3.05, 3.63) is 40.2 Å². The van der Waals surface area contributed by atoms with E-state index in [9.17, 15) is 31.2 Å². The smallest absolute Gasteiger partial charge is 0.444 e. The molecule has 0 saturated heterocycles. The summed E-state index contributed by atoms with van der Waals surface area (Å²) in [6.45, 7) is 4.72. The summed E-state index contributed by atoms with van der Waals surface area (Å²) >= 11 is 0. The van der Waals surface area contributed by atoms with Crippen LogP contribution in [0.2, 0.25) is 0 Å². The van der Waals surface area contributed by atoms with E-state index in [0.29, 0.717) is 5.39 Å². The van der Waals surface area contributed by atoms with Crippen LogP contribution in [0.4, 0.5) is 18.0 Å². The number of amides is 1. The van der Waals surface area contributed by atoms with Crippen LogP contribution in [0.25, 0.3) is 10.9 Å². The minimum Gasteiger partial charge on any atom is -0.444 e.